The van der Waals surface area contributed by atoms with Crippen molar-refractivity contribution in [2.24, 2.45) is 0 Å². The summed E-state index contributed by atoms with van der Waals surface area (Å²) in [6.45, 7) is 1.67. The maximum absolute atomic E-state index is 12.3. The predicted octanol–water partition coefficient (Wildman–Crippen LogP) is 1.70. The highest BCUT2D eigenvalue weighted by Crippen LogP contribution is 2.23. The summed E-state index contributed by atoms with van der Waals surface area (Å²) in [5, 5.41) is 14.4. The highest BCUT2D eigenvalue weighted by Gasteiger charge is 2.31. The summed E-state index contributed by atoms with van der Waals surface area (Å²) in [5.74, 6) is 0.260. The summed E-state index contributed by atoms with van der Waals surface area (Å²) in [4.78, 5) is 1.85. The molecule has 2 rings (SSSR count). The molecule has 0 radical (unpaired) electrons. The Morgan fingerprint density at radius 2 is 2.08 bits per heavy atom. The summed E-state index contributed by atoms with van der Waals surface area (Å²) < 4.78 is 42.2. The predicted molar refractivity (Wildman–Crippen MR) is 84.5 cm³/mol. The minimum absolute atomic E-state index is 0. The summed E-state index contributed by atoms with van der Waals surface area (Å²) >= 11 is 0. The quantitative estimate of drug-likeness (QED) is 0.804. The zero-order chi connectivity index (χ0) is 16.9. The van der Waals surface area contributed by atoms with E-state index in [1.807, 2.05) is 19.0 Å². The lowest BCUT2D eigenvalue weighted by Crippen LogP contribution is -2.29. The number of benzene rings is 1. The van der Waals surface area contributed by atoms with Gasteiger partial charge in [0.25, 0.3) is 0 Å². The normalized spacial score (nSPS) is 11.0. The van der Waals surface area contributed by atoms with E-state index >= 15 is 0 Å². The third-order valence-electron chi connectivity index (χ3n) is 3.02. The fraction of sp³-hybridized carbons (Fsp3) is 0.462. The number of halogens is 4. The second-order valence-corrected chi connectivity index (χ2v) is 4.86. The molecule has 1 aromatic carbocycles. The van der Waals surface area contributed by atoms with Crippen LogP contribution in [-0.4, -0.2) is 53.8 Å². The van der Waals surface area contributed by atoms with E-state index in [4.69, 9.17) is 0 Å². The average Bonchev–Trinajstić information content (AvgIpc) is 2.91. The highest BCUT2D eigenvalue weighted by atomic mass is 35.5. The van der Waals surface area contributed by atoms with Crippen molar-refractivity contribution in [1.82, 2.24) is 25.5 Å². The summed E-state index contributed by atoms with van der Waals surface area (Å²) in [5.41, 5.74) is 0.599. The molecule has 11 heteroatoms. The Hall–Kier alpha value is -2.07. The molecule has 1 heterocycles. The van der Waals surface area contributed by atoms with Gasteiger partial charge in [0.1, 0.15) is 5.75 Å². The number of nitrogens with one attached hydrogen (secondary N) is 1. The smallest absolute Gasteiger partial charge is 0.406 e. The van der Waals surface area contributed by atoms with Gasteiger partial charge in [-0.2, -0.15) is 0 Å². The van der Waals surface area contributed by atoms with Crippen molar-refractivity contribution >= 4 is 18.4 Å². The Bertz CT molecular complexity index is 636. The first-order chi connectivity index (χ1) is 10.9. The maximum Gasteiger partial charge on any atom is 0.573 e. The van der Waals surface area contributed by atoms with Gasteiger partial charge in [-0.3, -0.25) is 0 Å². The molecular weight excluding hydrogens is 349 g/mol. The molecule has 0 spiro atoms. The van der Waals surface area contributed by atoms with E-state index in [0.29, 0.717) is 18.1 Å². The Kier molecular flexibility index (Phi) is 7.23. The fourth-order valence-corrected chi connectivity index (χ4v) is 1.97. The molecule has 0 atom stereocenters. The van der Waals surface area contributed by atoms with Crippen molar-refractivity contribution in [3.05, 3.63) is 29.8 Å². The zero-order valence-electron chi connectivity index (χ0n) is 13.1. The minimum atomic E-state index is -4.72. The largest absolute Gasteiger partial charge is 0.573 e. The second-order valence-electron chi connectivity index (χ2n) is 4.86. The first kappa shape index (κ1) is 20.0. The highest BCUT2D eigenvalue weighted by molar-refractivity contribution is 5.85. The Morgan fingerprint density at radius 1 is 1.33 bits per heavy atom. The number of hydrogen-bond acceptors (Lipinski definition) is 6. The molecule has 0 aliphatic carbocycles. The van der Waals surface area contributed by atoms with Gasteiger partial charge in [0.05, 0.1) is 6.54 Å². The summed E-state index contributed by atoms with van der Waals surface area (Å²) in [7, 11) is 3.67. The second kappa shape index (κ2) is 8.69. The van der Waals surface area contributed by atoms with Crippen LogP contribution in [0.25, 0.3) is 0 Å². The van der Waals surface area contributed by atoms with Gasteiger partial charge < -0.3 is 15.0 Å². The van der Waals surface area contributed by atoms with Crippen LogP contribution < -0.4 is 15.0 Å². The van der Waals surface area contributed by atoms with Gasteiger partial charge >= 0.3 is 6.36 Å². The number of likely N-dealkylation sites (N-methyl/N-ethyl adjacent to an activating group) is 2. The molecule has 0 aliphatic rings. The molecule has 0 bridgehead atoms. The van der Waals surface area contributed by atoms with E-state index in [1.54, 1.807) is 6.07 Å². The van der Waals surface area contributed by atoms with Crippen LogP contribution in [-0.2, 0) is 6.54 Å². The van der Waals surface area contributed by atoms with Gasteiger partial charge in [-0.1, -0.05) is 17.2 Å². The third-order valence-corrected chi connectivity index (χ3v) is 3.02. The lowest BCUT2D eigenvalue weighted by Gasteiger charge is -2.17. The molecule has 0 amide bonds. The van der Waals surface area contributed by atoms with Gasteiger partial charge in [-0.05, 0) is 35.2 Å². The van der Waals surface area contributed by atoms with Gasteiger partial charge in [0.2, 0.25) is 5.95 Å². The third kappa shape index (κ3) is 5.85. The van der Waals surface area contributed by atoms with E-state index in [0.717, 1.165) is 6.54 Å². The first-order valence-corrected chi connectivity index (χ1v) is 6.85. The van der Waals surface area contributed by atoms with Gasteiger partial charge in [-0.15, -0.1) is 25.6 Å². The van der Waals surface area contributed by atoms with E-state index in [9.17, 15) is 13.2 Å². The number of ether oxygens (including phenoxy) is 1. The molecule has 2 aromatic rings. The lowest BCUT2D eigenvalue weighted by atomic mass is 10.2. The average molecular weight is 367 g/mol. The molecule has 0 fully saturated rings. The Morgan fingerprint density at radius 3 is 2.75 bits per heavy atom. The fourth-order valence-electron chi connectivity index (χ4n) is 1.97. The topological polar surface area (TPSA) is 68.1 Å². The molecule has 1 aromatic heterocycles. The van der Waals surface area contributed by atoms with Gasteiger partial charge in [0, 0.05) is 20.1 Å². The minimum Gasteiger partial charge on any atom is -0.406 e. The van der Waals surface area contributed by atoms with Crippen LogP contribution in [0.4, 0.5) is 19.1 Å². The van der Waals surface area contributed by atoms with E-state index < -0.39 is 6.36 Å². The molecule has 0 saturated carbocycles. The van der Waals surface area contributed by atoms with E-state index in [-0.39, 0.29) is 24.7 Å². The van der Waals surface area contributed by atoms with Crippen LogP contribution in [0.1, 0.15) is 5.56 Å². The molecule has 0 unspecified atom stereocenters. The van der Waals surface area contributed by atoms with Crippen LogP contribution >= 0.6 is 12.4 Å². The first-order valence-electron chi connectivity index (χ1n) is 6.85. The number of alkyl halides is 3. The van der Waals surface area contributed by atoms with Crippen molar-refractivity contribution in [3.8, 4) is 5.75 Å². The molecular formula is C13H18ClF3N6O. The summed E-state index contributed by atoms with van der Waals surface area (Å²) in [6, 6.07) is 5.73. The van der Waals surface area contributed by atoms with Crippen molar-refractivity contribution in [3.63, 3.8) is 0 Å². The zero-order valence-corrected chi connectivity index (χ0v) is 13.9. The molecule has 134 valence electrons. The van der Waals surface area contributed by atoms with Crippen molar-refractivity contribution in [2.75, 3.05) is 32.1 Å². The van der Waals surface area contributed by atoms with E-state index in [1.165, 1.54) is 22.9 Å². The standard InChI is InChI=1S/C13H17F3N6O.ClH/c1-17-6-7-21(2)12-18-19-20-22(12)9-10-4-3-5-11(8-10)23-13(14,15)16;/h3-5,8,17H,6-7,9H2,1-2H3;1H. The van der Waals surface area contributed by atoms with Crippen molar-refractivity contribution in [2.45, 2.75) is 12.9 Å². The maximum atomic E-state index is 12.3. The lowest BCUT2D eigenvalue weighted by molar-refractivity contribution is -0.274. The van der Waals surface area contributed by atoms with Crippen molar-refractivity contribution < 1.29 is 17.9 Å². The number of rotatable bonds is 7. The number of anilines is 1. The Labute approximate surface area is 143 Å². The SMILES string of the molecule is CNCCN(C)c1nnnn1Cc1cccc(OC(F)(F)F)c1.Cl. The van der Waals surface area contributed by atoms with Crippen LogP contribution in [0.5, 0.6) is 5.75 Å². The van der Waals surface area contributed by atoms with Crippen LogP contribution in [0.3, 0.4) is 0 Å². The monoisotopic (exact) mass is 366 g/mol. The van der Waals surface area contributed by atoms with Gasteiger partial charge in [-0.25, -0.2) is 4.68 Å². The molecule has 1 N–H and O–H groups in total. The van der Waals surface area contributed by atoms with Crippen LogP contribution in [0, 0.1) is 0 Å². The number of hydrogen-bond donors (Lipinski definition) is 1. The van der Waals surface area contributed by atoms with Crippen LogP contribution in [0.15, 0.2) is 24.3 Å². The molecule has 0 aliphatic heterocycles. The summed E-state index contributed by atoms with van der Waals surface area (Å²) in [6.07, 6.45) is -4.72. The molecule has 24 heavy (non-hydrogen) atoms. The Balaban J connectivity index is 0.00000288. The van der Waals surface area contributed by atoms with Gasteiger partial charge in [0.15, 0.2) is 0 Å². The van der Waals surface area contributed by atoms with Crippen molar-refractivity contribution in [1.29, 1.82) is 0 Å². The van der Waals surface area contributed by atoms with Crippen LogP contribution in [0.2, 0.25) is 0 Å². The van der Waals surface area contributed by atoms with E-state index in [2.05, 4.69) is 25.6 Å². The number of nitrogens with zero attached hydrogens (tertiary/aromatic N) is 5. The molecule has 7 nitrogen and oxygen atoms in total. The number of aromatic nitrogens is 4. The number of tetrazole rings is 1. The molecule has 0 saturated heterocycles.